The van der Waals surface area contributed by atoms with Gasteiger partial charge >= 0.3 is 0 Å². The lowest BCUT2D eigenvalue weighted by Gasteiger charge is -2.33. The monoisotopic (exact) mass is 484 g/mol. The van der Waals surface area contributed by atoms with E-state index in [1.165, 1.54) is 25.7 Å². The van der Waals surface area contributed by atoms with Crippen molar-refractivity contribution in [1.82, 2.24) is 0 Å². The molecule has 1 aliphatic rings. The Morgan fingerprint density at radius 3 is 2.17 bits per heavy atom. The minimum atomic E-state index is -0.135. The molecule has 3 rings (SSSR count). The summed E-state index contributed by atoms with van der Waals surface area (Å²) in [6.07, 6.45) is 10.1. The van der Waals surface area contributed by atoms with Crippen LogP contribution in [-0.2, 0) is 4.74 Å². The first-order valence-electron chi connectivity index (χ1n) is 13.3. The molecule has 1 aliphatic carbocycles. The Labute approximate surface area is 219 Å². The van der Waals surface area contributed by atoms with Crippen LogP contribution in [0.4, 0.5) is 0 Å². The van der Waals surface area contributed by atoms with Crippen molar-refractivity contribution in [2.75, 3.05) is 0 Å². The van der Waals surface area contributed by atoms with Gasteiger partial charge in [0.1, 0.15) is 11.4 Å². The number of hydrogen-bond acceptors (Lipinski definition) is 2. The Balaban J connectivity index is 1.57. The molecule has 1 fully saturated rings. The van der Waals surface area contributed by atoms with Gasteiger partial charge in [0.05, 0.1) is 0 Å². The molecule has 0 aromatic heterocycles. The van der Waals surface area contributed by atoms with Gasteiger partial charge in [0.15, 0.2) is 5.78 Å². The minimum absolute atomic E-state index is 0.0566. The second-order valence-electron chi connectivity index (χ2n) is 12.5. The van der Waals surface area contributed by atoms with Crippen LogP contribution >= 0.6 is 0 Å². The highest BCUT2D eigenvalue weighted by Crippen LogP contribution is 2.60. The van der Waals surface area contributed by atoms with E-state index >= 15 is 0 Å². The predicted molar refractivity (Wildman–Crippen MR) is 154 cm³/mol. The second-order valence-corrected chi connectivity index (χ2v) is 12.5. The molecule has 0 aliphatic heterocycles. The van der Waals surface area contributed by atoms with Crippen LogP contribution in [0.3, 0.4) is 0 Å². The molecule has 2 aromatic rings. The van der Waals surface area contributed by atoms with E-state index in [0.29, 0.717) is 28.2 Å². The van der Waals surface area contributed by atoms with Gasteiger partial charge in [0, 0.05) is 22.5 Å². The molecular formula is C34H44O2. The Morgan fingerprint density at radius 1 is 0.944 bits per heavy atom. The highest BCUT2D eigenvalue weighted by Gasteiger charge is 2.63. The van der Waals surface area contributed by atoms with Gasteiger partial charge < -0.3 is 4.74 Å². The lowest BCUT2D eigenvalue weighted by Crippen LogP contribution is -2.33. The van der Waals surface area contributed by atoms with Crippen LogP contribution < -0.4 is 0 Å². The fourth-order valence-corrected chi connectivity index (χ4v) is 5.03. The van der Waals surface area contributed by atoms with E-state index in [1.54, 1.807) is 0 Å². The summed E-state index contributed by atoms with van der Waals surface area (Å²) in [5.41, 5.74) is 3.31. The number of allylic oxidation sites excluding steroid dienone is 2. The lowest BCUT2D eigenvalue weighted by molar-refractivity contribution is -0.00614. The van der Waals surface area contributed by atoms with Crippen molar-refractivity contribution in [3.8, 4) is 0 Å². The molecule has 2 heteroatoms. The van der Waals surface area contributed by atoms with Crippen LogP contribution in [0.1, 0.15) is 95.1 Å². The molecule has 0 radical (unpaired) electrons. The minimum Gasteiger partial charge on any atom is -0.487 e. The number of carbonyl (C=O) groups is 1. The van der Waals surface area contributed by atoms with Crippen LogP contribution in [0.5, 0.6) is 0 Å². The summed E-state index contributed by atoms with van der Waals surface area (Å²) >= 11 is 0. The molecule has 0 spiro atoms. The van der Waals surface area contributed by atoms with Gasteiger partial charge in [-0.3, -0.25) is 4.79 Å². The summed E-state index contributed by atoms with van der Waals surface area (Å²) in [6.45, 7) is 22.0. The fraction of sp³-hybridized carbons (Fsp3) is 0.441. The van der Waals surface area contributed by atoms with Gasteiger partial charge in [-0.1, -0.05) is 128 Å². The van der Waals surface area contributed by atoms with Crippen LogP contribution in [0.15, 0.2) is 79.6 Å². The smallest absolute Gasteiger partial charge is 0.193 e. The van der Waals surface area contributed by atoms with Crippen LogP contribution in [0.2, 0.25) is 0 Å². The Kier molecular flexibility index (Phi) is 8.49. The molecule has 0 heterocycles. The number of ketones is 1. The van der Waals surface area contributed by atoms with E-state index in [0.717, 1.165) is 17.5 Å². The third-order valence-electron chi connectivity index (χ3n) is 7.39. The van der Waals surface area contributed by atoms with E-state index in [9.17, 15) is 4.79 Å². The van der Waals surface area contributed by atoms with Gasteiger partial charge in [0.25, 0.3) is 0 Å². The molecule has 2 aromatic carbocycles. The third kappa shape index (κ3) is 7.09. The molecule has 1 unspecified atom stereocenters. The van der Waals surface area contributed by atoms with E-state index in [2.05, 4.69) is 54.7 Å². The summed E-state index contributed by atoms with van der Waals surface area (Å²) in [6, 6.07) is 17.2. The van der Waals surface area contributed by atoms with Crippen molar-refractivity contribution < 1.29 is 9.53 Å². The summed E-state index contributed by atoms with van der Waals surface area (Å²) in [7, 11) is 0. The SMILES string of the molecule is C=C(/C=C/c1ccc(C(=O)C(=C)c2ccccc2)cc1)OC1(C(C)(C)C)C[C@H]1CCCCC(C)(C)C. The zero-order chi connectivity index (χ0) is 26.6. The van der Waals surface area contributed by atoms with Crippen molar-refractivity contribution >= 4 is 17.4 Å². The predicted octanol–water partition coefficient (Wildman–Crippen LogP) is 9.54. The van der Waals surface area contributed by atoms with E-state index < -0.39 is 0 Å². The van der Waals surface area contributed by atoms with Crippen LogP contribution in [-0.4, -0.2) is 11.4 Å². The number of Topliss-reactive ketones (excluding diaryl/α,β-unsaturated/α-hetero) is 1. The number of unbranched alkanes of at least 4 members (excludes halogenated alkanes) is 1. The normalized spacial score (nSPS) is 19.8. The largest absolute Gasteiger partial charge is 0.487 e. The second kappa shape index (κ2) is 11.0. The molecular weight excluding hydrogens is 440 g/mol. The van der Waals surface area contributed by atoms with Gasteiger partial charge in [-0.15, -0.1) is 0 Å². The van der Waals surface area contributed by atoms with Gasteiger partial charge in [-0.2, -0.15) is 0 Å². The Hall–Kier alpha value is -2.87. The lowest BCUT2D eigenvalue weighted by atomic mass is 9.83. The van der Waals surface area contributed by atoms with Crippen molar-refractivity contribution in [3.05, 3.63) is 96.3 Å². The van der Waals surface area contributed by atoms with Gasteiger partial charge in [-0.05, 0) is 41.9 Å². The molecule has 192 valence electrons. The quantitative estimate of drug-likeness (QED) is 0.104. The molecule has 1 saturated carbocycles. The zero-order valence-electron chi connectivity index (χ0n) is 23.2. The summed E-state index contributed by atoms with van der Waals surface area (Å²) < 4.78 is 6.54. The van der Waals surface area contributed by atoms with Crippen LogP contribution in [0, 0.1) is 16.7 Å². The zero-order valence-corrected chi connectivity index (χ0v) is 23.2. The number of ether oxygens (including phenoxy) is 1. The third-order valence-corrected chi connectivity index (χ3v) is 7.39. The molecule has 0 amide bonds. The molecule has 2 atom stereocenters. The molecule has 36 heavy (non-hydrogen) atoms. The van der Waals surface area contributed by atoms with E-state index in [-0.39, 0.29) is 16.8 Å². The number of benzene rings is 2. The summed E-state index contributed by atoms with van der Waals surface area (Å²) in [5, 5.41) is 0. The molecule has 0 N–H and O–H groups in total. The number of rotatable bonds is 11. The van der Waals surface area contributed by atoms with E-state index in [1.807, 2.05) is 66.7 Å². The van der Waals surface area contributed by atoms with E-state index in [4.69, 9.17) is 4.74 Å². The molecule has 0 bridgehead atoms. The molecule has 2 nitrogen and oxygen atoms in total. The first kappa shape index (κ1) is 27.7. The highest BCUT2D eigenvalue weighted by molar-refractivity contribution is 6.28. The first-order valence-corrected chi connectivity index (χ1v) is 13.3. The van der Waals surface area contributed by atoms with Crippen molar-refractivity contribution in [2.45, 2.75) is 79.2 Å². The summed E-state index contributed by atoms with van der Waals surface area (Å²) in [4.78, 5) is 12.8. The topological polar surface area (TPSA) is 26.3 Å². The standard InChI is InChI=1S/C34H44O2/c1-25(36-34(33(6,7)8)24-30(34)16-12-13-23-32(3,4)5)17-18-27-19-21-29(22-20-27)31(35)26(2)28-14-10-9-11-15-28/h9-11,14-15,17-22,30H,1-2,12-13,16,23-24H2,3-8H3/b18-17+/t30-,34?/m1/s1. The maximum atomic E-state index is 12.8. The van der Waals surface area contributed by atoms with Crippen molar-refractivity contribution in [3.63, 3.8) is 0 Å². The van der Waals surface area contributed by atoms with Crippen LogP contribution in [0.25, 0.3) is 11.6 Å². The Bertz CT molecular complexity index is 1090. The average molecular weight is 485 g/mol. The Morgan fingerprint density at radius 2 is 1.58 bits per heavy atom. The maximum Gasteiger partial charge on any atom is 0.193 e. The van der Waals surface area contributed by atoms with Gasteiger partial charge in [0.2, 0.25) is 0 Å². The molecule has 0 saturated heterocycles. The first-order chi connectivity index (χ1) is 16.8. The number of hydrogen-bond donors (Lipinski definition) is 0. The average Bonchev–Trinajstić information content (AvgIpc) is 3.54. The maximum absolute atomic E-state index is 12.8. The van der Waals surface area contributed by atoms with Gasteiger partial charge in [-0.25, -0.2) is 0 Å². The van der Waals surface area contributed by atoms with Crippen molar-refractivity contribution in [2.24, 2.45) is 16.7 Å². The summed E-state index contributed by atoms with van der Waals surface area (Å²) in [5.74, 6) is 1.23. The fourth-order valence-electron chi connectivity index (χ4n) is 5.03. The van der Waals surface area contributed by atoms with Crippen molar-refractivity contribution in [1.29, 1.82) is 0 Å². The highest BCUT2D eigenvalue weighted by atomic mass is 16.5. The number of carbonyl (C=O) groups excluding carboxylic acids is 1.